The van der Waals surface area contributed by atoms with Gasteiger partial charge in [0.15, 0.2) is 0 Å². The standard InChI is InChI=1S/C25H29FN2O3/c1-27-22-6-5-18(17-3-2-4-19(26)13-17)14-21(22)24-20(23(27)15-29)7-10-28(24)25(30)16-8-11-31-12-9-16/h2-6,13-14,16,20,23-24,29H,7-12,15H2,1H3/t20-,23+,24-/m0/s1. The summed E-state index contributed by atoms with van der Waals surface area (Å²) in [5, 5.41) is 10.2. The molecule has 2 saturated heterocycles. The second-order valence-corrected chi connectivity index (χ2v) is 8.96. The van der Waals surface area contributed by atoms with Crippen molar-refractivity contribution in [3.63, 3.8) is 0 Å². The molecule has 31 heavy (non-hydrogen) atoms. The first-order chi connectivity index (χ1) is 15.1. The first kappa shape index (κ1) is 20.5. The number of fused-ring (bicyclic) bond motifs is 3. The number of aliphatic hydroxyl groups is 1. The first-order valence-electron chi connectivity index (χ1n) is 11.2. The van der Waals surface area contributed by atoms with Crippen molar-refractivity contribution in [1.29, 1.82) is 0 Å². The molecule has 5 nitrogen and oxygen atoms in total. The van der Waals surface area contributed by atoms with Gasteiger partial charge in [-0.2, -0.15) is 0 Å². The fraction of sp³-hybridized carbons (Fsp3) is 0.480. The molecule has 5 rings (SSSR count). The number of benzene rings is 2. The van der Waals surface area contributed by atoms with Gasteiger partial charge in [0.1, 0.15) is 5.82 Å². The zero-order chi connectivity index (χ0) is 21.5. The molecule has 1 amide bonds. The average molecular weight is 425 g/mol. The lowest BCUT2D eigenvalue weighted by molar-refractivity contribution is -0.140. The molecule has 1 N–H and O–H groups in total. The van der Waals surface area contributed by atoms with Gasteiger partial charge in [-0.15, -0.1) is 0 Å². The van der Waals surface area contributed by atoms with E-state index < -0.39 is 0 Å². The zero-order valence-electron chi connectivity index (χ0n) is 17.8. The molecular weight excluding hydrogens is 395 g/mol. The third-order valence-electron chi connectivity index (χ3n) is 7.36. The number of anilines is 1. The molecule has 6 heteroatoms. The molecule has 3 heterocycles. The van der Waals surface area contributed by atoms with E-state index in [1.165, 1.54) is 6.07 Å². The summed E-state index contributed by atoms with van der Waals surface area (Å²) in [7, 11) is 2.01. The van der Waals surface area contributed by atoms with Crippen molar-refractivity contribution in [2.45, 2.75) is 31.3 Å². The fourth-order valence-corrected chi connectivity index (χ4v) is 5.73. The molecular formula is C25H29FN2O3. The summed E-state index contributed by atoms with van der Waals surface area (Å²) in [5.74, 6) is 0.130. The number of carbonyl (C=O) groups is 1. The van der Waals surface area contributed by atoms with Crippen LogP contribution in [0.4, 0.5) is 10.1 Å². The fourth-order valence-electron chi connectivity index (χ4n) is 5.73. The van der Waals surface area contributed by atoms with E-state index in [2.05, 4.69) is 11.0 Å². The highest BCUT2D eigenvalue weighted by molar-refractivity contribution is 5.81. The molecule has 0 radical (unpaired) electrons. The van der Waals surface area contributed by atoms with E-state index >= 15 is 0 Å². The van der Waals surface area contributed by atoms with Crippen LogP contribution < -0.4 is 4.90 Å². The molecule has 0 aliphatic carbocycles. The Morgan fingerprint density at radius 3 is 2.65 bits per heavy atom. The number of hydrogen-bond donors (Lipinski definition) is 1. The first-order valence-corrected chi connectivity index (χ1v) is 11.2. The summed E-state index contributed by atoms with van der Waals surface area (Å²) in [6.07, 6.45) is 2.41. The van der Waals surface area contributed by atoms with Gasteiger partial charge in [-0.25, -0.2) is 4.39 Å². The minimum absolute atomic E-state index is 0.00887. The summed E-state index contributed by atoms with van der Waals surface area (Å²) in [6, 6.07) is 12.7. The summed E-state index contributed by atoms with van der Waals surface area (Å²) in [6.45, 7) is 2.04. The zero-order valence-corrected chi connectivity index (χ0v) is 17.8. The van der Waals surface area contributed by atoms with Crippen LogP contribution in [-0.4, -0.2) is 55.4 Å². The molecule has 0 unspecified atom stereocenters. The van der Waals surface area contributed by atoms with Gasteiger partial charge in [-0.1, -0.05) is 18.2 Å². The van der Waals surface area contributed by atoms with E-state index in [4.69, 9.17) is 4.74 Å². The van der Waals surface area contributed by atoms with Crippen LogP contribution in [0.25, 0.3) is 11.1 Å². The van der Waals surface area contributed by atoms with E-state index in [1.54, 1.807) is 12.1 Å². The van der Waals surface area contributed by atoms with Gasteiger partial charge >= 0.3 is 0 Å². The smallest absolute Gasteiger partial charge is 0.226 e. The molecule has 0 aromatic heterocycles. The van der Waals surface area contributed by atoms with E-state index in [-0.39, 0.29) is 42.3 Å². The Kier molecular flexibility index (Phi) is 5.44. The maximum atomic E-state index is 13.8. The molecule has 3 aliphatic rings. The summed E-state index contributed by atoms with van der Waals surface area (Å²) < 4.78 is 19.3. The molecule has 2 aromatic carbocycles. The van der Waals surface area contributed by atoms with Crippen molar-refractivity contribution in [2.24, 2.45) is 11.8 Å². The minimum Gasteiger partial charge on any atom is -0.394 e. The Balaban J connectivity index is 1.56. The number of likely N-dealkylation sites (tertiary alicyclic amines) is 1. The van der Waals surface area contributed by atoms with Crippen molar-refractivity contribution < 1.29 is 19.0 Å². The van der Waals surface area contributed by atoms with Crippen LogP contribution in [-0.2, 0) is 9.53 Å². The normalized spacial score (nSPS) is 26.0. The third kappa shape index (κ3) is 3.52. The van der Waals surface area contributed by atoms with Crippen LogP contribution in [0.5, 0.6) is 0 Å². The van der Waals surface area contributed by atoms with Crippen molar-refractivity contribution in [3.05, 3.63) is 53.8 Å². The number of rotatable bonds is 3. The highest BCUT2D eigenvalue weighted by atomic mass is 19.1. The van der Waals surface area contributed by atoms with Crippen LogP contribution in [0.3, 0.4) is 0 Å². The largest absolute Gasteiger partial charge is 0.394 e. The number of nitrogens with zero attached hydrogens (tertiary/aromatic N) is 2. The number of amides is 1. The number of halogens is 1. The van der Waals surface area contributed by atoms with Crippen LogP contribution in [0.2, 0.25) is 0 Å². The predicted molar refractivity (Wildman–Crippen MR) is 117 cm³/mol. The molecule has 2 fully saturated rings. The lowest BCUT2D eigenvalue weighted by Crippen LogP contribution is -2.49. The van der Waals surface area contributed by atoms with Crippen molar-refractivity contribution in [1.82, 2.24) is 4.90 Å². The van der Waals surface area contributed by atoms with Gasteiger partial charge in [0.2, 0.25) is 5.91 Å². The Hall–Kier alpha value is -2.44. The third-order valence-corrected chi connectivity index (χ3v) is 7.36. The SMILES string of the molecule is CN1c2ccc(-c3cccc(F)c3)cc2[C@@H]2[C@@H](CCN2C(=O)C2CCOCC2)[C@H]1CO. The van der Waals surface area contributed by atoms with E-state index in [0.717, 1.165) is 41.6 Å². The van der Waals surface area contributed by atoms with Crippen LogP contribution in [0.15, 0.2) is 42.5 Å². The number of ether oxygens (including phenoxy) is 1. The lowest BCUT2D eigenvalue weighted by Gasteiger charge is -2.45. The van der Waals surface area contributed by atoms with E-state index in [0.29, 0.717) is 19.8 Å². The maximum Gasteiger partial charge on any atom is 0.226 e. The Morgan fingerprint density at radius 2 is 1.90 bits per heavy atom. The number of carbonyl (C=O) groups excluding carboxylic acids is 1. The molecule has 0 saturated carbocycles. The van der Waals surface area contributed by atoms with Crippen molar-refractivity contribution in [3.8, 4) is 11.1 Å². The van der Waals surface area contributed by atoms with E-state index in [9.17, 15) is 14.3 Å². The molecule has 164 valence electrons. The van der Waals surface area contributed by atoms with Crippen molar-refractivity contribution in [2.75, 3.05) is 38.3 Å². The van der Waals surface area contributed by atoms with Gasteiger partial charge in [0.05, 0.1) is 18.7 Å². The number of likely N-dealkylation sites (N-methyl/N-ethyl adjacent to an activating group) is 1. The molecule has 0 bridgehead atoms. The molecule has 3 aliphatic heterocycles. The van der Waals surface area contributed by atoms with Gasteiger partial charge in [0.25, 0.3) is 0 Å². The van der Waals surface area contributed by atoms with Gasteiger partial charge < -0.3 is 19.6 Å². The van der Waals surface area contributed by atoms with Gasteiger partial charge in [-0.3, -0.25) is 4.79 Å². The average Bonchev–Trinajstić information content (AvgIpc) is 3.24. The maximum absolute atomic E-state index is 13.8. The lowest BCUT2D eigenvalue weighted by atomic mass is 9.80. The van der Waals surface area contributed by atoms with E-state index in [1.807, 2.05) is 30.1 Å². The monoisotopic (exact) mass is 424 g/mol. The summed E-state index contributed by atoms with van der Waals surface area (Å²) in [4.78, 5) is 17.7. The van der Waals surface area contributed by atoms with Gasteiger partial charge in [0, 0.05) is 44.3 Å². The Labute approximate surface area is 182 Å². The van der Waals surface area contributed by atoms with Gasteiger partial charge in [-0.05, 0) is 60.2 Å². The quantitative estimate of drug-likeness (QED) is 0.818. The van der Waals surface area contributed by atoms with Crippen molar-refractivity contribution >= 4 is 11.6 Å². The molecule has 2 aromatic rings. The Morgan fingerprint density at radius 1 is 1.13 bits per heavy atom. The summed E-state index contributed by atoms with van der Waals surface area (Å²) >= 11 is 0. The van der Waals surface area contributed by atoms with Crippen LogP contribution >= 0.6 is 0 Å². The molecule has 3 atom stereocenters. The Bertz CT molecular complexity index is 975. The minimum atomic E-state index is -0.261. The highest BCUT2D eigenvalue weighted by Gasteiger charge is 2.48. The van der Waals surface area contributed by atoms with Crippen LogP contribution in [0.1, 0.15) is 30.9 Å². The topological polar surface area (TPSA) is 53.0 Å². The molecule has 0 spiro atoms. The number of hydrogen-bond acceptors (Lipinski definition) is 4. The highest BCUT2D eigenvalue weighted by Crippen LogP contribution is 2.50. The number of aliphatic hydroxyl groups excluding tert-OH is 1. The second-order valence-electron chi connectivity index (χ2n) is 8.96. The predicted octanol–water partition coefficient (Wildman–Crippen LogP) is 3.62. The summed E-state index contributed by atoms with van der Waals surface area (Å²) in [5.41, 5.74) is 3.90. The van der Waals surface area contributed by atoms with Crippen LogP contribution in [0, 0.1) is 17.7 Å². The second kappa shape index (κ2) is 8.24.